The molecule has 0 bridgehead atoms. The van der Waals surface area contributed by atoms with Crippen LogP contribution in [0, 0.1) is 22.7 Å². The van der Waals surface area contributed by atoms with Crippen molar-refractivity contribution in [3.63, 3.8) is 0 Å². The predicted molar refractivity (Wildman–Crippen MR) is 57.8 cm³/mol. The summed E-state index contributed by atoms with van der Waals surface area (Å²) in [6, 6.07) is 3.45. The maximum atomic E-state index is 11.8. The maximum Gasteiger partial charge on any atom is 0.352 e. The van der Waals surface area contributed by atoms with E-state index in [-0.39, 0.29) is 17.2 Å². The number of hydrogen-bond donors (Lipinski definition) is 2. The summed E-state index contributed by atoms with van der Waals surface area (Å²) < 4.78 is 9.81. The number of carbonyl (C=O) groups excluding carboxylic acids is 2. The molecule has 96 valence electrons. The van der Waals surface area contributed by atoms with E-state index < -0.39 is 23.3 Å². The number of nitriles is 2. The summed E-state index contributed by atoms with van der Waals surface area (Å²) in [6.45, 7) is 2.83. The molecule has 19 heavy (non-hydrogen) atoms. The van der Waals surface area contributed by atoms with Crippen LogP contribution in [0.1, 0.15) is 13.8 Å². The van der Waals surface area contributed by atoms with Crippen LogP contribution in [0.5, 0.6) is 0 Å². The minimum atomic E-state index is -1.35. The van der Waals surface area contributed by atoms with Crippen LogP contribution in [-0.2, 0) is 19.1 Å². The van der Waals surface area contributed by atoms with Crippen LogP contribution in [0.25, 0.3) is 0 Å². The van der Waals surface area contributed by atoms with Gasteiger partial charge >= 0.3 is 11.9 Å². The molecule has 8 nitrogen and oxygen atoms in total. The van der Waals surface area contributed by atoms with Crippen LogP contribution < -0.4 is 10.6 Å². The highest BCUT2D eigenvalue weighted by molar-refractivity contribution is 6.16. The lowest BCUT2D eigenvalue weighted by Gasteiger charge is -2.30. The van der Waals surface area contributed by atoms with E-state index in [1.807, 2.05) is 0 Å². The number of hydrogen-bond acceptors (Lipinski definition) is 8. The molecule has 2 N–H and O–H groups in total. The maximum absolute atomic E-state index is 11.8. The summed E-state index contributed by atoms with van der Waals surface area (Å²) in [7, 11) is 0. The second kappa shape index (κ2) is 4.03. The monoisotopic (exact) mass is 260 g/mol. The minimum absolute atomic E-state index is 0.0876. The molecule has 2 rings (SSSR count). The zero-order valence-corrected chi connectivity index (χ0v) is 10.0. The van der Waals surface area contributed by atoms with Gasteiger partial charge in [-0.25, -0.2) is 9.59 Å². The number of carbonyl (C=O) groups is 2. The normalized spacial score (nSPS) is 20.8. The van der Waals surface area contributed by atoms with Gasteiger partial charge in [0.15, 0.2) is 17.0 Å². The summed E-state index contributed by atoms with van der Waals surface area (Å²) in [4.78, 5) is 23.5. The summed E-state index contributed by atoms with van der Waals surface area (Å²) in [6.07, 6.45) is 0. The third-order valence-corrected chi connectivity index (χ3v) is 2.31. The topological polar surface area (TPSA) is 124 Å². The molecule has 2 heterocycles. The number of cyclic esters (lactones) is 2. The van der Waals surface area contributed by atoms with Crippen molar-refractivity contribution in [3.8, 4) is 12.1 Å². The average molecular weight is 260 g/mol. The van der Waals surface area contributed by atoms with Gasteiger partial charge in [-0.2, -0.15) is 10.5 Å². The third-order valence-electron chi connectivity index (χ3n) is 2.31. The van der Waals surface area contributed by atoms with Crippen molar-refractivity contribution in [2.24, 2.45) is 0 Å². The Labute approximate surface area is 107 Å². The molecule has 0 aromatic heterocycles. The first-order valence-electron chi connectivity index (χ1n) is 5.17. The molecule has 0 spiro atoms. The lowest BCUT2D eigenvalue weighted by Crippen LogP contribution is -2.43. The molecular formula is C11H8N4O4. The van der Waals surface area contributed by atoms with Gasteiger partial charge in [0.2, 0.25) is 0 Å². The zero-order valence-electron chi connectivity index (χ0n) is 10.0. The van der Waals surface area contributed by atoms with Crippen molar-refractivity contribution < 1.29 is 19.1 Å². The van der Waals surface area contributed by atoms with Gasteiger partial charge in [-0.1, -0.05) is 0 Å². The van der Waals surface area contributed by atoms with Crippen molar-refractivity contribution in [3.05, 3.63) is 22.8 Å². The predicted octanol–water partition coefficient (Wildman–Crippen LogP) is -0.514. The third kappa shape index (κ3) is 2.07. The van der Waals surface area contributed by atoms with Gasteiger partial charge in [0, 0.05) is 13.8 Å². The Hall–Kier alpha value is -3.00. The van der Waals surface area contributed by atoms with Crippen LogP contribution in [0.2, 0.25) is 0 Å². The average Bonchev–Trinajstić information content (AvgIpc) is 2.69. The molecule has 1 fully saturated rings. The molecule has 0 atom stereocenters. The number of allylic oxidation sites excluding steroid dienone is 2. The highest BCUT2D eigenvalue weighted by atomic mass is 16.7. The van der Waals surface area contributed by atoms with Crippen LogP contribution >= 0.6 is 0 Å². The van der Waals surface area contributed by atoms with Gasteiger partial charge in [0.05, 0.1) is 0 Å². The standard InChI is InChI=1S/C11H8N4O4/c1-11(2)18-9(16)7(10(17)19-11)8-14-5(3-12)6(4-13)15-8/h14-15H,1-2H3. The van der Waals surface area contributed by atoms with Gasteiger partial charge in [0.25, 0.3) is 5.79 Å². The summed E-state index contributed by atoms with van der Waals surface area (Å²) in [5, 5.41) is 22.5. The fraction of sp³-hybridized carbons (Fsp3) is 0.273. The number of ether oxygens (including phenoxy) is 2. The van der Waals surface area contributed by atoms with E-state index >= 15 is 0 Å². The van der Waals surface area contributed by atoms with Gasteiger partial charge in [-0.15, -0.1) is 0 Å². The number of esters is 2. The SMILES string of the molecule is CC1(C)OC(=O)C(=C2NC(C#N)=C(C#N)N2)C(=O)O1. The van der Waals surface area contributed by atoms with Crippen LogP contribution in [0.4, 0.5) is 0 Å². The lowest BCUT2D eigenvalue weighted by molar-refractivity contribution is -0.222. The summed E-state index contributed by atoms with van der Waals surface area (Å²) in [5.74, 6) is -3.24. The molecule has 1 saturated heterocycles. The highest BCUT2D eigenvalue weighted by Gasteiger charge is 2.42. The van der Waals surface area contributed by atoms with Crippen LogP contribution in [0.3, 0.4) is 0 Å². The first-order chi connectivity index (χ1) is 8.88. The van der Waals surface area contributed by atoms with Crippen molar-refractivity contribution in [1.82, 2.24) is 10.6 Å². The Kier molecular flexibility index (Phi) is 2.64. The zero-order chi connectivity index (χ0) is 14.2. The molecule has 0 amide bonds. The Morgan fingerprint density at radius 2 is 1.42 bits per heavy atom. The van der Waals surface area contributed by atoms with E-state index in [1.54, 1.807) is 12.1 Å². The molecule has 2 aliphatic heterocycles. The molecule has 0 aromatic rings. The van der Waals surface area contributed by atoms with Crippen LogP contribution in [-0.4, -0.2) is 17.7 Å². The molecule has 0 unspecified atom stereocenters. The quantitative estimate of drug-likeness (QED) is 0.339. The Balaban J connectivity index is 2.37. The number of rotatable bonds is 0. The highest BCUT2D eigenvalue weighted by Crippen LogP contribution is 2.25. The Morgan fingerprint density at radius 1 is 1.00 bits per heavy atom. The van der Waals surface area contributed by atoms with Crippen molar-refractivity contribution in [2.45, 2.75) is 19.6 Å². The van der Waals surface area contributed by atoms with Gasteiger partial charge in [-0.05, 0) is 0 Å². The summed E-state index contributed by atoms with van der Waals surface area (Å²) >= 11 is 0. The van der Waals surface area contributed by atoms with Crippen molar-refractivity contribution in [2.75, 3.05) is 0 Å². The van der Waals surface area contributed by atoms with Crippen molar-refractivity contribution in [1.29, 1.82) is 10.5 Å². The van der Waals surface area contributed by atoms with Crippen molar-refractivity contribution >= 4 is 11.9 Å². The fourth-order valence-corrected chi connectivity index (χ4v) is 1.56. The minimum Gasteiger partial charge on any atom is -0.419 e. The van der Waals surface area contributed by atoms with E-state index in [9.17, 15) is 9.59 Å². The largest absolute Gasteiger partial charge is 0.419 e. The molecule has 8 heteroatoms. The van der Waals surface area contributed by atoms with E-state index in [2.05, 4.69) is 10.6 Å². The smallest absolute Gasteiger partial charge is 0.352 e. The lowest BCUT2D eigenvalue weighted by atomic mass is 10.2. The van der Waals surface area contributed by atoms with Gasteiger partial charge in [0.1, 0.15) is 18.0 Å². The summed E-state index contributed by atoms with van der Waals surface area (Å²) in [5.41, 5.74) is -0.594. The molecular weight excluding hydrogens is 252 g/mol. The van der Waals surface area contributed by atoms with Crippen LogP contribution in [0.15, 0.2) is 22.8 Å². The van der Waals surface area contributed by atoms with E-state index in [4.69, 9.17) is 20.0 Å². The number of nitrogens with one attached hydrogen (secondary N) is 2. The first kappa shape index (κ1) is 12.5. The first-order valence-corrected chi connectivity index (χ1v) is 5.17. The molecule has 2 aliphatic rings. The Morgan fingerprint density at radius 3 is 1.79 bits per heavy atom. The molecule has 0 radical (unpaired) electrons. The van der Waals surface area contributed by atoms with Gasteiger partial charge < -0.3 is 20.1 Å². The second-order valence-corrected chi connectivity index (χ2v) is 4.15. The number of nitrogens with zero attached hydrogens (tertiary/aromatic N) is 2. The molecule has 0 aromatic carbocycles. The van der Waals surface area contributed by atoms with E-state index in [1.165, 1.54) is 13.8 Å². The Bertz CT molecular complexity index is 580. The second-order valence-electron chi connectivity index (χ2n) is 4.15. The molecule has 0 saturated carbocycles. The van der Waals surface area contributed by atoms with Gasteiger partial charge in [-0.3, -0.25) is 0 Å². The van der Waals surface area contributed by atoms with E-state index in [0.29, 0.717) is 0 Å². The fourth-order valence-electron chi connectivity index (χ4n) is 1.56. The van der Waals surface area contributed by atoms with E-state index in [0.717, 1.165) is 0 Å². The molecule has 0 aliphatic carbocycles.